The lowest BCUT2D eigenvalue weighted by molar-refractivity contribution is -0.151. The highest BCUT2D eigenvalue weighted by Crippen LogP contribution is 2.19. The van der Waals surface area contributed by atoms with E-state index in [2.05, 4.69) is 26.1 Å². The van der Waals surface area contributed by atoms with Crippen LogP contribution in [0, 0.1) is 0 Å². The van der Waals surface area contributed by atoms with Gasteiger partial charge < -0.3 is 20.3 Å². The second-order valence-electron chi connectivity index (χ2n) is 17.9. The number of unbranched alkanes of at least 4 members (excludes halogenated alkanes) is 35. The molecule has 0 heterocycles. The van der Waals surface area contributed by atoms with Gasteiger partial charge in [-0.05, 0) is 25.7 Å². The van der Waals surface area contributed by atoms with Crippen molar-refractivity contribution >= 4 is 11.9 Å². The Morgan fingerprint density at radius 1 is 0.439 bits per heavy atom. The molecule has 0 saturated heterocycles. The van der Waals surface area contributed by atoms with Crippen LogP contribution in [0.5, 0.6) is 0 Å². The van der Waals surface area contributed by atoms with E-state index in [-0.39, 0.29) is 24.9 Å². The largest absolute Gasteiger partial charge is 0.462 e. The average molecular weight is 808 g/mol. The molecule has 0 aromatic heterocycles. The van der Waals surface area contributed by atoms with Crippen LogP contribution in [0.2, 0.25) is 0 Å². The Hall–Kier alpha value is -1.14. The molecule has 0 bridgehead atoms. The molecule has 340 valence electrons. The van der Waals surface area contributed by atoms with Gasteiger partial charge in [0.1, 0.15) is 6.10 Å². The first kappa shape index (κ1) is 55.9. The molecule has 0 fully saturated rings. The van der Waals surface area contributed by atoms with E-state index in [1.165, 1.54) is 199 Å². The summed E-state index contributed by atoms with van der Waals surface area (Å²) < 4.78 is 5.92. The van der Waals surface area contributed by atoms with Crippen molar-refractivity contribution in [1.29, 1.82) is 0 Å². The highest BCUT2D eigenvalue weighted by atomic mass is 16.5. The zero-order chi connectivity index (χ0) is 41.7. The maximum atomic E-state index is 13.2. The van der Waals surface area contributed by atoms with Gasteiger partial charge in [-0.1, -0.05) is 252 Å². The van der Waals surface area contributed by atoms with Gasteiger partial charge in [-0.15, -0.1) is 0 Å². The van der Waals surface area contributed by atoms with Crippen LogP contribution in [0.3, 0.4) is 0 Å². The maximum Gasteiger partial charge on any atom is 0.306 e. The summed E-state index contributed by atoms with van der Waals surface area (Å²) in [7, 11) is 0. The third kappa shape index (κ3) is 41.4. The first-order valence-corrected chi connectivity index (χ1v) is 25.8. The number of hydrogen-bond donors (Lipinski definition) is 3. The van der Waals surface area contributed by atoms with Crippen molar-refractivity contribution in [2.45, 2.75) is 309 Å². The molecule has 0 aliphatic rings. The second-order valence-corrected chi connectivity index (χ2v) is 17.9. The van der Waals surface area contributed by atoms with E-state index >= 15 is 0 Å². The lowest BCUT2D eigenvalue weighted by atomic mass is 10.0. The molecule has 0 saturated carbocycles. The van der Waals surface area contributed by atoms with Crippen LogP contribution >= 0.6 is 0 Å². The van der Waals surface area contributed by atoms with Gasteiger partial charge in [0.15, 0.2) is 0 Å². The molecule has 0 aliphatic carbocycles. The number of aliphatic hydroxyl groups is 2. The lowest BCUT2D eigenvalue weighted by Crippen LogP contribution is -2.46. The Labute approximate surface area is 356 Å². The quantitative estimate of drug-likeness (QED) is 0.0420. The standard InChI is InChI=1S/C51H101NO5/c1-4-7-10-13-16-19-21-23-24-25-26-27-28-31-33-36-39-42-47(57-51(56)44-41-38-35-30-18-15-12-9-6-3)45-50(55)52-48(46-53)49(54)43-40-37-34-32-29-22-20-17-14-11-8-5-2/h47-49,53-54H,4-46H2,1-3H3,(H,52,55). The SMILES string of the molecule is CCCCCCCCCCCCCCCCCCCC(CC(=O)NC(CO)C(O)CCCCCCCCCCCCCC)OC(=O)CCCCCCCCCCC. The number of carbonyl (C=O) groups excluding carboxylic acids is 2. The van der Waals surface area contributed by atoms with Gasteiger partial charge in [-0.25, -0.2) is 0 Å². The molecule has 0 spiro atoms. The molecule has 57 heavy (non-hydrogen) atoms. The minimum Gasteiger partial charge on any atom is -0.462 e. The molecule has 0 aromatic carbocycles. The molecule has 3 N–H and O–H groups in total. The number of esters is 1. The number of amides is 1. The van der Waals surface area contributed by atoms with Crippen molar-refractivity contribution < 1.29 is 24.5 Å². The van der Waals surface area contributed by atoms with E-state index in [0.29, 0.717) is 19.3 Å². The van der Waals surface area contributed by atoms with Gasteiger partial charge in [0.25, 0.3) is 0 Å². The van der Waals surface area contributed by atoms with Crippen LogP contribution in [0.25, 0.3) is 0 Å². The van der Waals surface area contributed by atoms with Gasteiger partial charge >= 0.3 is 5.97 Å². The van der Waals surface area contributed by atoms with Crippen LogP contribution < -0.4 is 5.32 Å². The van der Waals surface area contributed by atoms with E-state index < -0.39 is 18.2 Å². The van der Waals surface area contributed by atoms with Crippen molar-refractivity contribution in [3.05, 3.63) is 0 Å². The fourth-order valence-corrected chi connectivity index (χ4v) is 8.26. The molecule has 3 unspecified atom stereocenters. The molecular weight excluding hydrogens is 707 g/mol. The molecular formula is C51H101NO5. The van der Waals surface area contributed by atoms with Crippen LogP contribution in [0.1, 0.15) is 290 Å². The van der Waals surface area contributed by atoms with Gasteiger partial charge in [0.2, 0.25) is 5.91 Å². The number of ether oxygens (including phenoxy) is 1. The van der Waals surface area contributed by atoms with E-state index in [1.54, 1.807) is 0 Å². The number of hydrogen-bond acceptors (Lipinski definition) is 5. The van der Waals surface area contributed by atoms with Gasteiger partial charge in [-0.2, -0.15) is 0 Å². The van der Waals surface area contributed by atoms with Crippen molar-refractivity contribution in [3.63, 3.8) is 0 Å². The van der Waals surface area contributed by atoms with Crippen molar-refractivity contribution in [2.24, 2.45) is 0 Å². The highest BCUT2D eigenvalue weighted by molar-refractivity contribution is 5.77. The fourth-order valence-electron chi connectivity index (χ4n) is 8.26. The molecule has 0 radical (unpaired) electrons. The van der Waals surface area contributed by atoms with E-state index in [1.807, 2.05) is 0 Å². The van der Waals surface area contributed by atoms with Crippen LogP contribution in [-0.2, 0) is 14.3 Å². The first-order chi connectivity index (χ1) is 28.0. The number of aliphatic hydroxyl groups excluding tert-OH is 2. The van der Waals surface area contributed by atoms with Crippen LogP contribution in [-0.4, -0.2) is 46.9 Å². The summed E-state index contributed by atoms with van der Waals surface area (Å²) in [6.45, 7) is 6.49. The Morgan fingerprint density at radius 3 is 1.07 bits per heavy atom. The maximum absolute atomic E-state index is 13.2. The van der Waals surface area contributed by atoms with E-state index in [0.717, 1.165) is 44.9 Å². The molecule has 6 heteroatoms. The fraction of sp³-hybridized carbons (Fsp3) is 0.961. The summed E-state index contributed by atoms with van der Waals surface area (Å²) in [4.78, 5) is 26.0. The van der Waals surface area contributed by atoms with E-state index in [9.17, 15) is 19.8 Å². The molecule has 3 atom stereocenters. The minimum absolute atomic E-state index is 0.0875. The summed E-state index contributed by atoms with van der Waals surface area (Å²) in [5.41, 5.74) is 0. The minimum atomic E-state index is -0.778. The molecule has 0 aromatic rings. The topological polar surface area (TPSA) is 95.9 Å². The number of carbonyl (C=O) groups is 2. The Balaban J connectivity index is 4.47. The highest BCUT2D eigenvalue weighted by Gasteiger charge is 2.24. The van der Waals surface area contributed by atoms with Gasteiger partial charge in [0, 0.05) is 6.42 Å². The molecule has 0 aliphatic heterocycles. The second kappa shape index (κ2) is 45.9. The third-order valence-corrected chi connectivity index (χ3v) is 12.2. The van der Waals surface area contributed by atoms with Gasteiger partial charge in [0.05, 0.1) is 25.2 Å². The lowest BCUT2D eigenvalue weighted by Gasteiger charge is -2.24. The van der Waals surface area contributed by atoms with Crippen molar-refractivity contribution in [2.75, 3.05) is 6.61 Å². The van der Waals surface area contributed by atoms with Crippen molar-refractivity contribution in [3.8, 4) is 0 Å². The summed E-state index contributed by atoms with van der Waals surface area (Å²) in [6.07, 6.45) is 48.8. The molecule has 1 amide bonds. The Kier molecular flexibility index (Phi) is 45.0. The predicted molar refractivity (Wildman–Crippen MR) is 246 cm³/mol. The predicted octanol–water partition coefficient (Wildman–Crippen LogP) is 15.2. The first-order valence-electron chi connectivity index (χ1n) is 25.8. The Morgan fingerprint density at radius 2 is 0.737 bits per heavy atom. The third-order valence-electron chi connectivity index (χ3n) is 12.2. The monoisotopic (exact) mass is 808 g/mol. The Bertz CT molecular complexity index is 821. The summed E-state index contributed by atoms with van der Waals surface area (Å²) in [5.74, 6) is -0.455. The van der Waals surface area contributed by atoms with Crippen LogP contribution in [0.4, 0.5) is 0 Å². The zero-order valence-electron chi connectivity index (χ0n) is 38.8. The summed E-state index contributed by atoms with van der Waals surface area (Å²) >= 11 is 0. The zero-order valence-corrected chi connectivity index (χ0v) is 38.8. The molecule has 6 nitrogen and oxygen atoms in total. The van der Waals surface area contributed by atoms with E-state index in [4.69, 9.17) is 4.74 Å². The number of rotatable bonds is 47. The van der Waals surface area contributed by atoms with Crippen molar-refractivity contribution in [1.82, 2.24) is 5.32 Å². The van der Waals surface area contributed by atoms with Crippen LogP contribution in [0.15, 0.2) is 0 Å². The summed E-state index contributed by atoms with van der Waals surface area (Å²) in [6, 6.07) is -0.691. The average Bonchev–Trinajstić information content (AvgIpc) is 3.20. The van der Waals surface area contributed by atoms with Gasteiger partial charge in [-0.3, -0.25) is 9.59 Å². The summed E-state index contributed by atoms with van der Waals surface area (Å²) in [5, 5.41) is 23.7. The smallest absolute Gasteiger partial charge is 0.306 e. The molecule has 0 rings (SSSR count). The number of nitrogens with one attached hydrogen (secondary N) is 1. The normalized spacial score (nSPS) is 13.1.